The molecule has 0 aliphatic carbocycles. The molecule has 0 aromatic carbocycles. The smallest absolute Gasteiger partial charge is 0.410 e. The van der Waals surface area contributed by atoms with Crippen LogP contribution < -0.4 is 5.32 Å². The molecule has 1 fully saturated rings. The summed E-state index contributed by atoms with van der Waals surface area (Å²) in [5.74, 6) is 0. The van der Waals surface area contributed by atoms with Crippen molar-refractivity contribution < 1.29 is 9.53 Å². The molecule has 1 aliphatic heterocycles. The molecule has 0 unspecified atom stereocenters. The van der Waals surface area contributed by atoms with E-state index in [-0.39, 0.29) is 12.1 Å². The summed E-state index contributed by atoms with van der Waals surface area (Å²) in [4.78, 5) is 13.2. The number of nitrogens with one attached hydrogen (secondary N) is 1. The van der Waals surface area contributed by atoms with Crippen LogP contribution in [0.2, 0.25) is 0 Å². The Morgan fingerprint density at radius 2 is 2.46 bits per heavy atom. The Hall–Kier alpha value is -0.770. The van der Waals surface area contributed by atoms with Crippen LogP contribution in [0.4, 0.5) is 4.79 Å². The zero-order valence-corrected chi connectivity index (χ0v) is 8.38. The Balaban J connectivity index is 2.35. The van der Waals surface area contributed by atoms with Crippen LogP contribution in [0.25, 0.3) is 0 Å². The maximum absolute atomic E-state index is 11.4. The summed E-state index contributed by atoms with van der Waals surface area (Å²) in [6.07, 6.45) is 0.711. The fourth-order valence-corrected chi connectivity index (χ4v) is 1.38. The molecule has 1 N–H and O–H groups in total. The maximum Gasteiger partial charge on any atom is 0.410 e. The van der Waals surface area contributed by atoms with Crippen LogP contribution in [0, 0.1) is 0 Å². The molecule has 0 radical (unpaired) electrons. The second-order valence-corrected chi connectivity index (χ2v) is 3.36. The highest BCUT2D eigenvalue weighted by Crippen LogP contribution is 2.04. The minimum atomic E-state index is -0.171. The Morgan fingerprint density at radius 1 is 1.69 bits per heavy atom. The van der Waals surface area contributed by atoms with Gasteiger partial charge in [0.2, 0.25) is 0 Å². The number of hydrogen-bond acceptors (Lipinski definition) is 3. The predicted octanol–water partition coefficient (Wildman–Crippen LogP) is 0.827. The molecule has 76 valence electrons. The zero-order valence-electron chi connectivity index (χ0n) is 8.38. The summed E-state index contributed by atoms with van der Waals surface area (Å²) in [6.45, 7) is 7.03. The van der Waals surface area contributed by atoms with Gasteiger partial charge < -0.3 is 15.0 Å². The summed E-state index contributed by atoms with van der Waals surface area (Å²) in [6, 6.07) is 0.248. The van der Waals surface area contributed by atoms with Gasteiger partial charge in [0.1, 0.15) is 0 Å². The first kappa shape index (κ1) is 10.3. The van der Waals surface area contributed by atoms with Crippen molar-refractivity contribution in [3.8, 4) is 0 Å². The standard InChI is InChI=1S/C9H18N2O2/c1-3-6-13-9(12)11-5-4-10-7-8(11)2/h8,10H,3-7H2,1-2H3/t8-/m1/s1. The molecule has 1 aliphatic rings. The number of amides is 1. The van der Waals surface area contributed by atoms with Crippen molar-refractivity contribution in [3.63, 3.8) is 0 Å². The third-order valence-corrected chi connectivity index (χ3v) is 2.17. The number of piperazine rings is 1. The van der Waals surface area contributed by atoms with Gasteiger partial charge in [-0.05, 0) is 13.3 Å². The molecule has 0 aromatic heterocycles. The Bertz CT molecular complexity index is 173. The molecule has 1 rings (SSSR count). The average Bonchev–Trinajstić information content (AvgIpc) is 2.15. The first-order valence-corrected chi connectivity index (χ1v) is 4.89. The lowest BCUT2D eigenvalue weighted by Gasteiger charge is -2.32. The van der Waals surface area contributed by atoms with Crippen molar-refractivity contribution in [2.24, 2.45) is 0 Å². The Labute approximate surface area is 79.2 Å². The third kappa shape index (κ3) is 2.88. The Morgan fingerprint density at radius 3 is 3.08 bits per heavy atom. The summed E-state index contributed by atoms with van der Waals surface area (Å²) in [7, 11) is 0. The van der Waals surface area contributed by atoms with Crippen LogP contribution in [0.15, 0.2) is 0 Å². The molecule has 0 bridgehead atoms. The minimum Gasteiger partial charge on any atom is -0.449 e. The van der Waals surface area contributed by atoms with E-state index in [0.717, 1.165) is 26.1 Å². The van der Waals surface area contributed by atoms with Crippen LogP contribution in [0.5, 0.6) is 0 Å². The fourth-order valence-electron chi connectivity index (χ4n) is 1.38. The van der Waals surface area contributed by atoms with E-state index in [1.165, 1.54) is 0 Å². The van der Waals surface area contributed by atoms with Crippen molar-refractivity contribution in [1.82, 2.24) is 10.2 Å². The van der Waals surface area contributed by atoms with Gasteiger partial charge in [0.05, 0.1) is 6.61 Å². The molecule has 1 atom stereocenters. The molecule has 0 aromatic rings. The highest BCUT2D eigenvalue weighted by Gasteiger charge is 2.23. The summed E-state index contributed by atoms with van der Waals surface area (Å²) < 4.78 is 5.06. The topological polar surface area (TPSA) is 41.6 Å². The average molecular weight is 186 g/mol. The van der Waals surface area contributed by atoms with Crippen molar-refractivity contribution in [2.45, 2.75) is 26.3 Å². The van der Waals surface area contributed by atoms with Crippen LogP contribution in [0.1, 0.15) is 20.3 Å². The largest absolute Gasteiger partial charge is 0.449 e. The highest BCUT2D eigenvalue weighted by atomic mass is 16.6. The number of rotatable bonds is 2. The number of nitrogens with zero attached hydrogens (tertiary/aromatic N) is 1. The zero-order chi connectivity index (χ0) is 9.68. The summed E-state index contributed by atoms with van der Waals surface area (Å²) >= 11 is 0. The van der Waals surface area contributed by atoms with Crippen molar-refractivity contribution in [1.29, 1.82) is 0 Å². The molecule has 1 saturated heterocycles. The maximum atomic E-state index is 11.4. The van der Waals surface area contributed by atoms with Crippen LogP contribution >= 0.6 is 0 Å². The number of carbonyl (C=O) groups excluding carboxylic acids is 1. The van der Waals surface area contributed by atoms with E-state index in [2.05, 4.69) is 5.32 Å². The van der Waals surface area contributed by atoms with Crippen molar-refractivity contribution in [3.05, 3.63) is 0 Å². The van der Waals surface area contributed by atoms with E-state index in [1.807, 2.05) is 13.8 Å². The predicted molar refractivity (Wildman–Crippen MR) is 50.7 cm³/mol. The molecule has 4 nitrogen and oxygen atoms in total. The molecular weight excluding hydrogens is 168 g/mol. The number of ether oxygens (including phenoxy) is 1. The molecule has 0 spiro atoms. The second kappa shape index (κ2) is 5.07. The van der Waals surface area contributed by atoms with Crippen molar-refractivity contribution in [2.75, 3.05) is 26.2 Å². The van der Waals surface area contributed by atoms with Gasteiger partial charge >= 0.3 is 6.09 Å². The van der Waals surface area contributed by atoms with E-state index in [9.17, 15) is 4.79 Å². The Kier molecular flexibility index (Phi) is 4.02. The van der Waals surface area contributed by atoms with Crippen molar-refractivity contribution >= 4 is 6.09 Å². The third-order valence-electron chi connectivity index (χ3n) is 2.17. The minimum absolute atomic E-state index is 0.171. The van der Waals surface area contributed by atoms with Gasteiger partial charge in [0.25, 0.3) is 0 Å². The number of hydrogen-bond donors (Lipinski definition) is 1. The molecule has 0 saturated carbocycles. The SMILES string of the molecule is CCCOC(=O)N1CCNC[C@H]1C. The van der Waals surface area contributed by atoms with Gasteiger partial charge in [-0.15, -0.1) is 0 Å². The van der Waals surface area contributed by atoms with E-state index in [4.69, 9.17) is 4.74 Å². The van der Waals surface area contributed by atoms with Gasteiger partial charge in [-0.1, -0.05) is 6.92 Å². The van der Waals surface area contributed by atoms with Gasteiger partial charge in [0.15, 0.2) is 0 Å². The van der Waals surface area contributed by atoms with Crippen LogP contribution in [0.3, 0.4) is 0 Å². The molecular formula is C9H18N2O2. The van der Waals surface area contributed by atoms with Gasteiger partial charge in [-0.2, -0.15) is 0 Å². The number of carbonyl (C=O) groups is 1. The lowest BCUT2D eigenvalue weighted by atomic mass is 10.2. The monoisotopic (exact) mass is 186 g/mol. The van der Waals surface area contributed by atoms with E-state index >= 15 is 0 Å². The molecule has 1 heterocycles. The molecule has 13 heavy (non-hydrogen) atoms. The van der Waals surface area contributed by atoms with E-state index in [1.54, 1.807) is 4.90 Å². The van der Waals surface area contributed by atoms with E-state index in [0.29, 0.717) is 6.61 Å². The van der Waals surface area contributed by atoms with Gasteiger partial charge in [-0.25, -0.2) is 4.79 Å². The summed E-state index contributed by atoms with van der Waals surface area (Å²) in [5, 5.41) is 3.23. The second-order valence-electron chi connectivity index (χ2n) is 3.36. The molecule has 1 amide bonds. The summed E-state index contributed by atoms with van der Waals surface area (Å²) in [5.41, 5.74) is 0. The molecule has 4 heteroatoms. The fraction of sp³-hybridized carbons (Fsp3) is 0.889. The van der Waals surface area contributed by atoms with Crippen LogP contribution in [-0.2, 0) is 4.74 Å². The van der Waals surface area contributed by atoms with Gasteiger partial charge in [-0.3, -0.25) is 0 Å². The first-order valence-electron chi connectivity index (χ1n) is 4.89. The van der Waals surface area contributed by atoms with E-state index < -0.39 is 0 Å². The van der Waals surface area contributed by atoms with Gasteiger partial charge in [0, 0.05) is 25.7 Å². The normalized spacial score (nSPS) is 22.9. The lowest BCUT2D eigenvalue weighted by Crippen LogP contribution is -2.52. The van der Waals surface area contributed by atoms with Crippen LogP contribution in [-0.4, -0.2) is 43.3 Å². The highest BCUT2D eigenvalue weighted by molar-refractivity contribution is 5.68. The first-order chi connectivity index (χ1) is 6.25. The quantitative estimate of drug-likeness (QED) is 0.694. The lowest BCUT2D eigenvalue weighted by molar-refractivity contribution is 0.0813.